The quantitative estimate of drug-likeness (QED) is 0.520. The van der Waals surface area contributed by atoms with Gasteiger partial charge < -0.3 is 5.11 Å². The number of rotatable bonds is 4. The summed E-state index contributed by atoms with van der Waals surface area (Å²) in [7, 11) is 0. The van der Waals surface area contributed by atoms with Crippen molar-refractivity contribution in [2.75, 3.05) is 0 Å². The van der Waals surface area contributed by atoms with Crippen LogP contribution in [0.2, 0.25) is 5.02 Å². The van der Waals surface area contributed by atoms with Gasteiger partial charge in [0.25, 0.3) is 5.69 Å². The summed E-state index contributed by atoms with van der Waals surface area (Å²) in [4.78, 5) is 11.3. The summed E-state index contributed by atoms with van der Waals surface area (Å²) in [5.41, 5.74) is 0.502. The number of nitro benzene ring substituents is 1. The lowest BCUT2D eigenvalue weighted by molar-refractivity contribution is -0.385. The van der Waals surface area contributed by atoms with Crippen LogP contribution in [0, 0.1) is 10.1 Å². The van der Waals surface area contributed by atoms with E-state index < -0.39 is 4.92 Å². The van der Waals surface area contributed by atoms with E-state index in [1.165, 1.54) is 17.8 Å². The van der Waals surface area contributed by atoms with Crippen molar-refractivity contribution in [3.63, 3.8) is 0 Å². The monoisotopic (exact) mass is 295 g/mol. The average Bonchev–Trinajstić information content (AvgIpc) is 2.37. The number of hydrogen-bond donors (Lipinski definition) is 1. The van der Waals surface area contributed by atoms with Gasteiger partial charge in [0.05, 0.1) is 15.5 Å². The largest absolute Gasteiger partial charge is 0.508 e. The molecule has 0 aliphatic carbocycles. The Hall–Kier alpha value is -1.72. The SMILES string of the molecule is O=[N+]([O-])c1cccc(Cl)c1CSc1cccc(O)c1. The number of phenols is 1. The Kier molecular flexibility index (Phi) is 4.29. The maximum absolute atomic E-state index is 10.9. The van der Waals surface area contributed by atoms with Gasteiger partial charge in [-0.1, -0.05) is 23.7 Å². The van der Waals surface area contributed by atoms with Crippen molar-refractivity contribution in [1.82, 2.24) is 0 Å². The van der Waals surface area contributed by atoms with Gasteiger partial charge in [0.1, 0.15) is 5.75 Å². The second-order valence-electron chi connectivity index (χ2n) is 3.78. The molecular formula is C13H10ClNO3S. The second kappa shape index (κ2) is 5.95. The van der Waals surface area contributed by atoms with Crippen LogP contribution in [0.3, 0.4) is 0 Å². The van der Waals surface area contributed by atoms with Crippen molar-refractivity contribution in [2.24, 2.45) is 0 Å². The third kappa shape index (κ3) is 3.39. The zero-order valence-corrected chi connectivity index (χ0v) is 11.3. The van der Waals surface area contributed by atoms with Gasteiger partial charge in [-0.3, -0.25) is 10.1 Å². The summed E-state index contributed by atoms with van der Waals surface area (Å²) >= 11 is 7.39. The molecule has 1 N–H and O–H groups in total. The number of nitrogens with zero attached hydrogens (tertiary/aromatic N) is 1. The van der Waals surface area contributed by atoms with Crippen LogP contribution in [0.25, 0.3) is 0 Å². The van der Waals surface area contributed by atoms with Gasteiger partial charge in [0.2, 0.25) is 0 Å². The van der Waals surface area contributed by atoms with Gasteiger partial charge >= 0.3 is 0 Å². The molecule has 4 nitrogen and oxygen atoms in total. The van der Waals surface area contributed by atoms with Crippen LogP contribution in [-0.2, 0) is 5.75 Å². The molecule has 0 heterocycles. The zero-order valence-electron chi connectivity index (χ0n) is 9.75. The Bertz CT molecular complexity index is 619. The molecule has 2 aromatic rings. The van der Waals surface area contributed by atoms with Crippen molar-refractivity contribution in [3.05, 3.63) is 63.2 Å². The fourth-order valence-electron chi connectivity index (χ4n) is 1.59. The fraction of sp³-hybridized carbons (Fsp3) is 0.0769. The molecule has 0 saturated heterocycles. The van der Waals surface area contributed by atoms with E-state index in [1.807, 2.05) is 6.07 Å². The third-order valence-corrected chi connectivity index (χ3v) is 3.87. The van der Waals surface area contributed by atoms with E-state index in [-0.39, 0.29) is 11.4 Å². The molecule has 19 heavy (non-hydrogen) atoms. The van der Waals surface area contributed by atoms with Gasteiger partial charge in [-0.15, -0.1) is 11.8 Å². The molecule has 0 aromatic heterocycles. The second-order valence-corrected chi connectivity index (χ2v) is 5.24. The first-order valence-corrected chi connectivity index (χ1v) is 6.78. The maximum Gasteiger partial charge on any atom is 0.274 e. The number of nitro groups is 1. The third-order valence-electron chi connectivity index (χ3n) is 2.49. The molecule has 0 aliphatic heterocycles. The van der Waals surface area contributed by atoms with Gasteiger partial charge in [0, 0.05) is 16.7 Å². The molecule has 98 valence electrons. The Morgan fingerprint density at radius 3 is 2.68 bits per heavy atom. The number of benzene rings is 2. The molecule has 6 heteroatoms. The van der Waals surface area contributed by atoms with E-state index >= 15 is 0 Å². The molecule has 2 aromatic carbocycles. The first kappa shape index (κ1) is 13.7. The zero-order chi connectivity index (χ0) is 13.8. The summed E-state index contributed by atoms with van der Waals surface area (Å²) < 4.78 is 0. The van der Waals surface area contributed by atoms with Crippen LogP contribution >= 0.6 is 23.4 Å². The molecule has 2 rings (SSSR count). The highest BCUT2D eigenvalue weighted by atomic mass is 35.5. The van der Waals surface area contributed by atoms with Crippen LogP contribution < -0.4 is 0 Å². The number of hydrogen-bond acceptors (Lipinski definition) is 4. The first-order chi connectivity index (χ1) is 9.08. The molecular weight excluding hydrogens is 286 g/mol. The fourth-order valence-corrected chi connectivity index (χ4v) is 2.90. The van der Waals surface area contributed by atoms with E-state index in [0.29, 0.717) is 16.3 Å². The van der Waals surface area contributed by atoms with Crippen LogP contribution in [0.4, 0.5) is 5.69 Å². The average molecular weight is 296 g/mol. The van der Waals surface area contributed by atoms with Gasteiger partial charge in [-0.2, -0.15) is 0 Å². The summed E-state index contributed by atoms with van der Waals surface area (Å²) in [5, 5.41) is 20.7. The van der Waals surface area contributed by atoms with Crippen molar-refractivity contribution in [1.29, 1.82) is 0 Å². The molecule has 0 atom stereocenters. The highest BCUT2D eigenvalue weighted by Crippen LogP contribution is 2.33. The predicted molar refractivity (Wildman–Crippen MR) is 75.8 cm³/mol. The first-order valence-electron chi connectivity index (χ1n) is 5.41. The Balaban J connectivity index is 2.22. The van der Waals surface area contributed by atoms with Crippen molar-refractivity contribution < 1.29 is 10.0 Å². The number of thioether (sulfide) groups is 1. The Morgan fingerprint density at radius 2 is 2.00 bits per heavy atom. The topological polar surface area (TPSA) is 63.4 Å². The van der Waals surface area contributed by atoms with Crippen LogP contribution in [0.5, 0.6) is 5.75 Å². The molecule has 0 saturated carbocycles. The van der Waals surface area contributed by atoms with Crippen LogP contribution in [-0.4, -0.2) is 10.0 Å². The number of aromatic hydroxyl groups is 1. The minimum atomic E-state index is -0.440. The van der Waals surface area contributed by atoms with Crippen molar-refractivity contribution >= 4 is 29.1 Å². The summed E-state index contributed by atoms with van der Waals surface area (Å²) in [6, 6.07) is 11.3. The summed E-state index contributed by atoms with van der Waals surface area (Å²) in [5.74, 6) is 0.540. The van der Waals surface area contributed by atoms with Gasteiger partial charge in [-0.05, 0) is 24.3 Å². The standard InChI is InChI=1S/C13H10ClNO3S/c14-12-5-2-6-13(15(17)18)11(12)8-19-10-4-1-3-9(16)7-10/h1-7,16H,8H2. The van der Waals surface area contributed by atoms with Crippen molar-refractivity contribution in [3.8, 4) is 5.75 Å². The number of phenolic OH excluding ortho intramolecular Hbond substituents is 1. The molecule has 0 aliphatic rings. The molecule has 0 bridgehead atoms. The van der Waals surface area contributed by atoms with Crippen LogP contribution in [0.15, 0.2) is 47.4 Å². The predicted octanol–water partition coefficient (Wildman–Crippen LogP) is 4.25. The molecule has 0 fully saturated rings. The lowest BCUT2D eigenvalue weighted by Gasteiger charge is -2.05. The highest BCUT2D eigenvalue weighted by molar-refractivity contribution is 7.98. The van der Waals surface area contributed by atoms with Gasteiger partial charge in [-0.25, -0.2) is 0 Å². The smallest absolute Gasteiger partial charge is 0.274 e. The Morgan fingerprint density at radius 1 is 1.26 bits per heavy atom. The summed E-state index contributed by atoms with van der Waals surface area (Å²) in [6.45, 7) is 0. The highest BCUT2D eigenvalue weighted by Gasteiger charge is 2.16. The van der Waals surface area contributed by atoms with Gasteiger partial charge in [0.15, 0.2) is 0 Å². The van der Waals surface area contributed by atoms with E-state index in [0.717, 1.165) is 4.90 Å². The lowest BCUT2D eigenvalue weighted by atomic mass is 10.2. The minimum absolute atomic E-state index is 0.0140. The van der Waals surface area contributed by atoms with Crippen molar-refractivity contribution in [2.45, 2.75) is 10.6 Å². The molecule has 0 unspecified atom stereocenters. The summed E-state index contributed by atoms with van der Waals surface area (Å²) in [6.07, 6.45) is 0. The van der Waals surface area contributed by atoms with E-state index in [4.69, 9.17) is 11.6 Å². The maximum atomic E-state index is 10.9. The normalized spacial score (nSPS) is 10.4. The molecule has 0 amide bonds. The number of halogens is 1. The van der Waals surface area contributed by atoms with E-state index in [9.17, 15) is 15.2 Å². The minimum Gasteiger partial charge on any atom is -0.508 e. The van der Waals surface area contributed by atoms with E-state index in [1.54, 1.807) is 30.3 Å². The lowest BCUT2D eigenvalue weighted by Crippen LogP contribution is -1.94. The van der Waals surface area contributed by atoms with Crippen LogP contribution in [0.1, 0.15) is 5.56 Å². The van der Waals surface area contributed by atoms with E-state index in [2.05, 4.69) is 0 Å². The molecule has 0 spiro atoms. The Labute approximate surface area is 119 Å². The molecule has 0 radical (unpaired) electrons.